The number of anilines is 1. The average molecular weight is 404 g/mol. The van der Waals surface area contributed by atoms with Crippen LogP contribution in [0.25, 0.3) is 0 Å². The molecule has 2 rings (SSSR count). The minimum atomic E-state index is -0.635. The van der Waals surface area contributed by atoms with E-state index in [0.717, 1.165) is 18.9 Å². The molecule has 0 unspecified atom stereocenters. The van der Waals surface area contributed by atoms with Crippen LogP contribution in [-0.4, -0.2) is 41.1 Å². The van der Waals surface area contributed by atoms with Gasteiger partial charge in [-0.05, 0) is 37.5 Å². The maximum atomic E-state index is 12.0. The van der Waals surface area contributed by atoms with Crippen molar-refractivity contribution in [2.75, 3.05) is 25.6 Å². The van der Waals surface area contributed by atoms with Gasteiger partial charge in [-0.25, -0.2) is 9.78 Å². The molecule has 11 heteroatoms. The lowest BCUT2D eigenvalue weighted by atomic mass is 10.2. The SMILES string of the molecule is COc1ccc(C(=O)OCCCCCNc2ccc([N+](=O)[O-])cn2)cc1[N+](=O)[O-]. The number of rotatable bonds is 11. The highest BCUT2D eigenvalue weighted by Crippen LogP contribution is 2.27. The Balaban J connectivity index is 1.67. The minimum Gasteiger partial charge on any atom is -0.490 e. The second kappa shape index (κ2) is 10.5. The molecule has 1 aromatic heterocycles. The van der Waals surface area contributed by atoms with Gasteiger partial charge in [0.25, 0.3) is 5.69 Å². The molecule has 0 aliphatic heterocycles. The minimum absolute atomic E-state index is 0.0699. The first-order valence-corrected chi connectivity index (χ1v) is 8.76. The van der Waals surface area contributed by atoms with Gasteiger partial charge in [0.2, 0.25) is 0 Å². The smallest absolute Gasteiger partial charge is 0.338 e. The van der Waals surface area contributed by atoms with Crippen LogP contribution in [-0.2, 0) is 4.74 Å². The van der Waals surface area contributed by atoms with Crippen LogP contribution in [0, 0.1) is 20.2 Å². The Morgan fingerprint density at radius 2 is 1.90 bits per heavy atom. The number of hydrogen-bond donors (Lipinski definition) is 1. The maximum Gasteiger partial charge on any atom is 0.338 e. The highest BCUT2D eigenvalue weighted by Gasteiger charge is 2.18. The number of nitrogens with zero attached hydrogens (tertiary/aromatic N) is 3. The number of carbonyl (C=O) groups excluding carboxylic acids is 1. The van der Waals surface area contributed by atoms with Crippen molar-refractivity contribution in [1.82, 2.24) is 4.98 Å². The van der Waals surface area contributed by atoms with E-state index in [0.29, 0.717) is 18.8 Å². The molecule has 0 spiro atoms. The molecule has 29 heavy (non-hydrogen) atoms. The zero-order valence-corrected chi connectivity index (χ0v) is 15.7. The number of nitrogens with one attached hydrogen (secondary N) is 1. The van der Waals surface area contributed by atoms with Crippen LogP contribution in [0.1, 0.15) is 29.6 Å². The zero-order valence-electron chi connectivity index (χ0n) is 15.7. The quantitative estimate of drug-likeness (QED) is 0.258. The van der Waals surface area contributed by atoms with Gasteiger partial charge in [0.1, 0.15) is 12.0 Å². The first-order valence-electron chi connectivity index (χ1n) is 8.76. The molecule has 0 atom stereocenters. The number of nitro groups is 2. The fourth-order valence-corrected chi connectivity index (χ4v) is 2.43. The molecule has 0 aliphatic rings. The summed E-state index contributed by atoms with van der Waals surface area (Å²) in [7, 11) is 1.31. The summed E-state index contributed by atoms with van der Waals surface area (Å²) in [5.41, 5.74) is -0.282. The van der Waals surface area contributed by atoms with E-state index in [1.165, 1.54) is 37.6 Å². The molecule has 1 heterocycles. The van der Waals surface area contributed by atoms with Gasteiger partial charge in [-0.2, -0.15) is 0 Å². The fraction of sp³-hybridized carbons (Fsp3) is 0.333. The van der Waals surface area contributed by atoms with Gasteiger partial charge in [-0.15, -0.1) is 0 Å². The Morgan fingerprint density at radius 3 is 2.52 bits per heavy atom. The summed E-state index contributed by atoms with van der Waals surface area (Å²) in [6, 6.07) is 6.80. The first-order chi connectivity index (χ1) is 13.9. The van der Waals surface area contributed by atoms with Gasteiger partial charge in [-0.1, -0.05) is 0 Å². The van der Waals surface area contributed by atoms with Crippen molar-refractivity contribution in [3.63, 3.8) is 0 Å². The van der Waals surface area contributed by atoms with Crippen molar-refractivity contribution in [1.29, 1.82) is 0 Å². The number of esters is 1. The highest BCUT2D eigenvalue weighted by atomic mass is 16.6. The average Bonchev–Trinajstić information content (AvgIpc) is 2.72. The number of methoxy groups -OCH3 is 1. The van der Waals surface area contributed by atoms with Crippen LogP contribution < -0.4 is 10.1 Å². The second-order valence-corrected chi connectivity index (χ2v) is 5.93. The Kier molecular flexibility index (Phi) is 7.83. The summed E-state index contributed by atoms with van der Waals surface area (Å²) in [5, 5.41) is 24.6. The number of pyridine rings is 1. The van der Waals surface area contributed by atoms with Gasteiger partial charge < -0.3 is 14.8 Å². The summed E-state index contributed by atoms with van der Waals surface area (Å²) in [6.07, 6.45) is 3.37. The van der Waals surface area contributed by atoms with E-state index in [-0.39, 0.29) is 29.3 Å². The molecule has 0 aliphatic carbocycles. The Labute approximate surface area is 166 Å². The van der Waals surface area contributed by atoms with E-state index in [4.69, 9.17) is 9.47 Å². The van der Waals surface area contributed by atoms with Gasteiger partial charge in [-0.3, -0.25) is 20.2 Å². The van der Waals surface area contributed by atoms with Crippen LogP contribution in [0.5, 0.6) is 5.75 Å². The van der Waals surface area contributed by atoms with Crippen molar-refractivity contribution in [2.45, 2.75) is 19.3 Å². The molecule has 0 bridgehead atoms. The van der Waals surface area contributed by atoms with Crippen LogP contribution in [0.4, 0.5) is 17.2 Å². The molecule has 0 saturated heterocycles. The van der Waals surface area contributed by atoms with Crippen LogP contribution in [0.2, 0.25) is 0 Å². The normalized spacial score (nSPS) is 10.2. The van der Waals surface area contributed by atoms with Crippen molar-refractivity contribution in [3.8, 4) is 5.75 Å². The Hall–Kier alpha value is -3.76. The number of ether oxygens (including phenoxy) is 2. The summed E-state index contributed by atoms with van der Waals surface area (Å²) in [4.78, 5) is 36.4. The summed E-state index contributed by atoms with van der Waals surface area (Å²) >= 11 is 0. The molecule has 0 fully saturated rings. The molecule has 2 aromatic rings. The van der Waals surface area contributed by atoms with E-state index in [2.05, 4.69) is 10.3 Å². The van der Waals surface area contributed by atoms with E-state index < -0.39 is 15.8 Å². The summed E-state index contributed by atoms with van der Waals surface area (Å²) < 4.78 is 10.0. The second-order valence-electron chi connectivity index (χ2n) is 5.93. The Bertz CT molecular complexity index is 871. The lowest BCUT2D eigenvalue weighted by Gasteiger charge is -2.07. The van der Waals surface area contributed by atoms with E-state index >= 15 is 0 Å². The lowest BCUT2D eigenvalue weighted by Crippen LogP contribution is -2.08. The van der Waals surface area contributed by atoms with Crippen LogP contribution >= 0.6 is 0 Å². The largest absolute Gasteiger partial charge is 0.490 e. The standard InChI is InChI=1S/C18H20N4O7/c1-28-16-7-5-13(11-15(16)22(26)27)18(23)29-10-4-2-3-9-19-17-8-6-14(12-20-17)21(24)25/h5-8,11-12H,2-4,9-10H2,1H3,(H,19,20). The van der Waals surface area contributed by atoms with Crippen molar-refractivity contribution < 1.29 is 24.1 Å². The van der Waals surface area contributed by atoms with E-state index in [1.54, 1.807) is 0 Å². The molecule has 0 amide bonds. The first kappa shape index (κ1) is 21.5. The zero-order chi connectivity index (χ0) is 21.2. The number of hydrogen-bond acceptors (Lipinski definition) is 9. The predicted molar refractivity (Wildman–Crippen MR) is 103 cm³/mol. The molecule has 0 radical (unpaired) electrons. The lowest BCUT2D eigenvalue weighted by molar-refractivity contribution is -0.385. The Morgan fingerprint density at radius 1 is 1.10 bits per heavy atom. The van der Waals surface area contributed by atoms with E-state index in [1.807, 2.05) is 0 Å². The topological polar surface area (TPSA) is 147 Å². The molecular formula is C18H20N4O7. The van der Waals surface area contributed by atoms with E-state index in [9.17, 15) is 25.0 Å². The number of aromatic nitrogens is 1. The van der Waals surface area contributed by atoms with Crippen LogP contribution in [0.15, 0.2) is 36.5 Å². The fourth-order valence-electron chi connectivity index (χ4n) is 2.43. The number of nitro benzene ring substituents is 1. The summed E-state index contributed by atoms with van der Waals surface area (Å²) in [5.74, 6) is -0.0198. The summed E-state index contributed by atoms with van der Waals surface area (Å²) in [6.45, 7) is 0.803. The number of carbonyl (C=O) groups is 1. The molecular weight excluding hydrogens is 384 g/mol. The van der Waals surface area contributed by atoms with Gasteiger partial charge in [0.05, 0.1) is 29.1 Å². The van der Waals surface area contributed by atoms with Crippen molar-refractivity contribution in [3.05, 3.63) is 62.3 Å². The highest BCUT2D eigenvalue weighted by molar-refractivity contribution is 5.90. The monoisotopic (exact) mass is 404 g/mol. The number of unbranched alkanes of at least 4 members (excludes halogenated alkanes) is 2. The molecule has 0 saturated carbocycles. The molecule has 154 valence electrons. The van der Waals surface area contributed by atoms with Gasteiger partial charge >= 0.3 is 11.7 Å². The third-order valence-electron chi connectivity index (χ3n) is 3.93. The molecule has 11 nitrogen and oxygen atoms in total. The number of benzene rings is 1. The predicted octanol–water partition coefficient (Wildman–Crippen LogP) is 3.35. The molecule has 1 aromatic carbocycles. The van der Waals surface area contributed by atoms with Crippen molar-refractivity contribution in [2.24, 2.45) is 0 Å². The maximum absolute atomic E-state index is 12.0. The van der Waals surface area contributed by atoms with Crippen LogP contribution in [0.3, 0.4) is 0 Å². The van der Waals surface area contributed by atoms with Gasteiger partial charge in [0, 0.05) is 18.7 Å². The third kappa shape index (κ3) is 6.41. The van der Waals surface area contributed by atoms with Gasteiger partial charge in [0.15, 0.2) is 5.75 Å². The van der Waals surface area contributed by atoms with Crippen molar-refractivity contribution >= 4 is 23.2 Å². The third-order valence-corrected chi connectivity index (χ3v) is 3.93. The molecule has 1 N–H and O–H groups in total.